The number of carbonyl (C=O) groups is 1. The Balaban J connectivity index is 2.53. The summed E-state index contributed by atoms with van der Waals surface area (Å²) in [5.41, 5.74) is 0. The second-order valence-electron chi connectivity index (χ2n) is 3.02. The maximum absolute atomic E-state index is 10.3. The van der Waals surface area contributed by atoms with Crippen LogP contribution in [0.15, 0.2) is 0 Å². The third-order valence-electron chi connectivity index (χ3n) is 1.98. The number of carboxylic acid groups (broad SMARTS) is 1. The van der Waals surface area contributed by atoms with Gasteiger partial charge in [0.15, 0.2) is 0 Å². The van der Waals surface area contributed by atoms with Gasteiger partial charge in [0.2, 0.25) is 0 Å². The summed E-state index contributed by atoms with van der Waals surface area (Å²) in [7, 11) is 0. The van der Waals surface area contributed by atoms with E-state index in [4.69, 9.17) is 20.1 Å². The molecule has 1 fully saturated rings. The predicted molar refractivity (Wildman–Crippen MR) is 40.0 cm³/mol. The van der Waals surface area contributed by atoms with E-state index in [0.29, 0.717) is 0 Å². The Morgan fingerprint density at radius 2 is 1.92 bits per heavy atom. The number of aliphatic hydroxyl groups excluding tert-OH is 3. The lowest BCUT2D eigenvalue weighted by Crippen LogP contribution is -2.53. The summed E-state index contributed by atoms with van der Waals surface area (Å²) < 4.78 is 4.84. The van der Waals surface area contributed by atoms with Crippen molar-refractivity contribution in [3.8, 4) is 0 Å². The molecule has 0 aromatic rings. The zero-order chi connectivity index (χ0) is 10.0. The normalized spacial score (nSPS) is 40.2. The van der Waals surface area contributed by atoms with Crippen LogP contribution < -0.4 is 0 Å². The highest BCUT2D eigenvalue weighted by Gasteiger charge is 2.38. The molecule has 1 aliphatic rings. The average molecular weight is 192 g/mol. The van der Waals surface area contributed by atoms with Crippen LogP contribution in [0.5, 0.6) is 0 Å². The standard InChI is InChI=1S/C7H12O6/c8-3-2-13-4(1-5(9)10)7(12)6(3)11/h3-4,6-8,11-12H,1-2H2,(H,9,10)/t3-,4+,6-,7+/m1/s1. The van der Waals surface area contributed by atoms with E-state index >= 15 is 0 Å². The smallest absolute Gasteiger partial charge is 0.306 e. The zero-order valence-corrected chi connectivity index (χ0v) is 6.83. The number of hydrogen-bond donors (Lipinski definition) is 4. The summed E-state index contributed by atoms with van der Waals surface area (Å²) in [6, 6.07) is 0. The van der Waals surface area contributed by atoms with Crippen LogP contribution in [0.25, 0.3) is 0 Å². The van der Waals surface area contributed by atoms with Crippen molar-refractivity contribution in [2.45, 2.75) is 30.8 Å². The lowest BCUT2D eigenvalue weighted by atomic mass is 9.98. The molecule has 76 valence electrons. The minimum atomic E-state index is -1.35. The highest BCUT2D eigenvalue weighted by molar-refractivity contribution is 5.67. The third-order valence-corrected chi connectivity index (χ3v) is 1.98. The number of carboxylic acids is 1. The third kappa shape index (κ3) is 2.38. The van der Waals surface area contributed by atoms with Crippen molar-refractivity contribution in [2.24, 2.45) is 0 Å². The summed E-state index contributed by atoms with van der Waals surface area (Å²) in [5, 5.41) is 35.8. The molecular formula is C7H12O6. The van der Waals surface area contributed by atoms with Gasteiger partial charge in [-0.3, -0.25) is 4.79 Å². The van der Waals surface area contributed by atoms with Gasteiger partial charge >= 0.3 is 5.97 Å². The molecule has 0 unspecified atom stereocenters. The Bertz CT molecular complexity index is 193. The van der Waals surface area contributed by atoms with Crippen molar-refractivity contribution in [1.29, 1.82) is 0 Å². The van der Waals surface area contributed by atoms with Gasteiger partial charge in [-0.25, -0.2) is 0 Å². The summed E-state index contributed by atoms with van der Waals surface area (Å²) in [5.74, 6) is -1.12. The van der Waals surface area contributed by atoms with Crippen LogP contribution >= 0.6 is 0 Å². The maximum atomic E-state index is 10.3. The molecule has 0 amide bonds. The first-order valence-corrected chi connectivity index (χ1v) is 3.90. The molecular weight excluding hydrogens is 180 g/mol. The largest absolute Gasteiger partial charge is 0.481 e. The number of aliphatic carboxylic acids is 1. The van der Waals surface area contributed by atoms with E-state index in [9.17, 15) is 9.90 Å². The van der Waals surface area contributed by atoms with Gasteiger partial charge in [-0.15, -0.1) is 0 Å². The van der Waals surface area contributed by atoms with E-state index in [2.05, 4.69) is 0 Å². The molecule has 0 radical (unpaired) electrons. The van der Waals surface area contributed by atoms with Crippen molar-refractivity contribution >= 4 is 5.97 Å². The van der Waals surface area contributed by atoms with Crippen LogP contribution in [-0.4, -0.2) is 57.4 Å². The summed E-state index contributed by atoms with van der Waals surface area (Å²) in [6.07, 6.45) is -5.17. The Morgan fingerprint density at radius 3 is 2.46 bits per heavy atom. The highest BCUT2D eigenvalue weighted by Crippen LogP contribution is 2.17. The molecule has 0 aromatic carbocycles. The lowest BCUT2D eigenvalue weighted by molar-refractivity contribution is -0.192. The van der Waals surface area contributed by atoms with E-state index in [-0.39, 0.29) is 13.0 Å². The molecule has 13 heavy (non-hydrogen) atoms. The molecule has 1 saturated heterocycles. The minimum absolute atomic E-state index is 0.157. The van der Waals surface area contributed by atoms with E-state index in [1.807, 2.05) is 0 Å². The minimum Gasteiger partial charge on any atom is -0.481 e. The molecule has 1 rings (SSSR count). The van der Waals surface area contributed by atoms with E-state index in [1.165, 1.54) is 0 Å². The SMILES string of the molecule is O=C(O)C[C@@H]1OC[C@@H](O)[C@@H](O)[C@H]1O. The van der Waals surface area contributed by atoms with Crippen LogP contribution in [0.2, 0.25) is 0 Å². The quantitative estimate of drug-likeness (QED) is 0.401. The second-order valence-corrected chi connectivity index (χ2v) is 3.02. The molecule has 6 heteroatoms. The van der Waals surface area contributed by atoms with Gasteiger partial charge in [0.1, 0.15) is 18.3 Å². The second kappa shape index (κ2) is 4.01. The van der Waals surface area contributed by atoms with Gasteiger partial charge in [-0.2, -0.15) is 0 Å². The first-order valence-electron chi connectivity index (χ1n) is 3.90. The number of aliphatic hydroxyl groups is 3. The molecule has 4 atom stereocenters. The van der Waals surface area contributed by atoms with Crippen molar-refractivity contribution < 1.29 is 30.0 Å². The van der Waals surface area contributed by atoms with Crippen LogP contribution in [0.3, 0.4) is 0 Å². The molecule has 0 aliphatic carbocycles. The Labute approximate surface area is 74.4 Å². The molecule has 1 aliphatic heterocycles. The monoisotopic (exact) mass is 192 g/mol. The van der Waals surface area contributed by atoms with E-state index < -0.39 is 30.4 Å². The summed E-state index contributed by atoms with van der Waals surface area (Å²) in [6.45, 7) is -0.157. The summed E-state index contributed by atoms with van der Waals surface area (Å²) in [4.78, 5) is 10.3. The van der Waals surface area contributed by atoms with Crippen LogP contribution in [0, 0.1) is 0 Å². The first kappa shape index (κ1) is 10.4. The first-order chi connectivity index (χ1) is 6.02. The van der Waals surface area contributed by atoms with E-state index in [0.717, 1.165) is 0 Å². The van der Waals surface area contributed by atoms with Crippen LogP contribution in [0.4, 0.5) is 0 Å². The van der Waals surface area contributed by atoms with Gasteiger partial charge in [0.25, 0.3) is 0 Å². The number of rotatable bonds is 2. The Kier molecular flexibility index (Phi) is 3.21. The van der Waals surface area contributed by atoms with Crippen molar-refractivity contribution in [3.05, 3.63) is 0 Å². The lowest BCUT2D eigenvalue weighted by Gasteiger charge is -2.34. The fraction of sp³-hybridized carbons (Fsp3) is 0.857. The average Bonchev–Trinajstić information content (AvgIpc) is 2.06. The Hall–Kier alpha value is -0.690. The van der Waals surface area contributed by atoms with Crippen molar-refractivity contribution in [2.75, 3.05) is 6.61 Å². The number of ether oxygens (including phenoxy) is 1. The molecule has 6 nitrogen and oxygen atoms in total. The maximum Gasteiger partial charge on any atom is 0.306 e. The zero-order valence-electron chi connectivity index (χ0n) is 6.83. The van der Waals surface area contributed by atoms with Gasteiger partial charge in [-0.1, -0.05) is 0 Å². The Morgan fingerprint density at radius 1 is 1.31 bits per heavy atom. The highest BCUT2D eigenvalue weighted by atomic mass is 16.5. The van der Waals surface area contributed by atoms with Gasteiger partial charge in [0, 0.05) is 0 Å². The topological polar surface area (TPSA) is 107 Å². The van der Waals surface area contributed by atoms with Gasteiger partial charge in [0.05, 0.1) is 19.1 Å². The van der Waals surface area contributed by atoms with Gasteiger partial charge in [-0.05, 0) is 0 Å². The molecule has 4 N–H and O–H groups in total. The fourth-order valence-corrected chi connectivity index (χ4v) is 1.22. The predicted octanol–water partition coefficient (Wildman–Crippen LogP) is -2.06. The molecule has 0 saturated carbocycles. The van der Waals surface area contributed by atoms with Crippen LogP contribution in [-0.2, 0) is 9.53 Å². The molecule has 0 spiro atoms. The summed E-state index contributed by atoms with van der Waals surface area (Å²) >= 11 is 0. The van der Waals surface area contributed by atoms with E-state index in [1.54, 1.807) is 0 Å². The molecule has 0 aromatic heterocycles. The van der Waals surface area contributed by atoms with Crippen molar-refractivity contribution in [3.63, 3.8) is 0 Å². The van der Waals surface area contributed by atoms with Gasteiger partial charge < -0.3 is 25.2 Å². The molecule has 0 bridgehead atoms. The fourth-order valence-electron chi connectivity index (χ4n) is 1.22. The van der Waals surface area contributed by atoms with Crippen molar-refractivity contribution in [1.82, 2.24) is 0 Å². The molecule has 1 heterocycles. The number of hydrogen-bond acceptors (Lipinski definition) is 5. The van der Waals surface area contributed by atoms with Crippen LogP contribution in [0.1, 0.15) is 6.42 Å².